The molecule has 1 aromatic carbocycles. The highest BCUT2D eigenvalue weighted by molar-refractivity contribution is 8.22. The molecule has 0 radical (unpaired) electrons. The van der Waals surface area contributed by atoms with Gasteiger partial charge in [0.05, 0.1) is 11.9 Å². The Balaban J connectivity index is 1.56. The van der Waals surface area contributed by atoms with Gasteiger partial charge in [0.2, 0.25) is 5.91 Å². The molecular formula is C23H38N4O4S. The molecule has 4 rings (SSSR count). The number of nitrogens with zero attached hydrogens (tertiary/aromatic N) is 2. The summed E-state index contributed by atoms with van der Waals surface area (Å²) in [5, 5.41) is 5.43. The lowest BCUT2D eigenvalue weighted by Crippen LogP contribution is -2.47. The monoisotopic (exact) mass is 466 g/mol. The number of benzene rings is 1. The van der Waals surface area contributed by atoms with Crippen molar-refractivity contribution in [2.45, 2.75) is 75.1 Å². The Labute approximate surface area is 192 Å². The first-order valence-corrected chi connectivity index (χ1v) is 13.4. The predicted molar refractivity (Wildman–Crippen MR) is 129 cm³/mol. The second-order valence-electron chi connectivity index (χ2n) is 9.69. The normalized spacial score (nSPS) is 29.0. The first kappa shape index (κ1) is 23.8. The van der Waals surface area contributed by atoms with E-state index in [1.165, 1.54) is 23.2 Å². The third kappa shape index (κ3) is 5.40. The topological polar surface area (TPSA) is 111 Å². The van der Waals surface area contributed by atoms with Gasteiger partial charge in [-0.2, -0.15) is 5.48 Å². The van der Waals surface area contributed by atoms with Gasteiger partial charge in [-0.05, 0) is 68.1 Å². The van der Waals surface area contributed by atoms with Gasteiger partial charge in [-0.3, -0.25) is 13.9 Å². The molecule has 1 saturated heterocycles. The molecule has 0 aromatic heterocycles. The lowest BCUT2D eigenvalue weighted by molar-refractivity contribution is -0.132. The summed E-state index contributed by atoms with van der Waals surface area (Å²) in [5.74, 6) is 0.149. The summed E-state index contributed by atoms with van der Waals surface area (Å²) in [6.45, 7) is 3.97. The van der Waals surface area contributed by atoms with E-state index in [9.17, 15) is 13.9 Å². The van der Waals surface area contributed by atoms with Crippen LogP contribution in [0.15, 0.2) is 18.2 Å². The summed E-state index contributed by atoms with van der Waals surface area (Å²) < 4.78 is 20.7. The van der Waals surface area contributed by atoms with Crippen LogP contribution < -0.4 is 15.5 Å². The van der Waals surface area contributed by atoms with Crippen LogP contribution in [0.3, 0.4) is 0 Å². The van der Waals surface area contributed by atoms with Crippen molar-refractivity contribution >= 4 is 22.4 Å². The Morgan fingerprint density at radius 2 is 2.16 bits per heavy atom. The fraction of sp³-hybridized carbons (Fsp3) is 0.696. The Kier molecular flexibility index (Phi) is 7.33. The van der Waals surface area contributed by atoms with Crippen LogP contribution in [-0.4, -0.2) is 64.0 Å². The molecule has 2 fully saturated rings. The largest absolute Gasteiger partial charge is 0.374 e. The van der Waals surface area contributed by atoms with E-state index in [1.807, 2.05) is 4.90 Å². The molecule has 5 N–H and O–H groups in total. The SMILES string of the molecule is CC(=O)N(CCC1CCON1)C1CC(c2ccc3c(c2)N(C)CCC3)CC(S(N)(O)O)C1. The zero-order valence-electron chi connectivity index (χ0n) is 19.2. The number of carbonyl (C=O) groups is 1. The van der Waals surface area contributed by atoms with Gasteiger partial charge in [0.15, 0.2) is 0 Å². The summed E-state index contributed by atoms with van der Waals surface area (Å²) in [5.41, 5.74) is 6.85. The molecule has 1 aromatic rings. The van der Waals surface area contributed by atoms with Crippen molar-refractivity contribution in [3.8, 4) is 0 Å². The first-order valence-electron chi connectivity index (χ1n) is 11.8. The number of aryl methyl sites for hydroxylation is 1. The van der Waals surface area contributed by atoms with Gasteiger partial charge in [-0.1, -0.05) is 12.1 Å². The minimum atomic E-state index is -3.20. The molecule has 180 valence electrons. The van der Waals surface area contributed by atoms with Crippen molar-refractivity contribution in [3.05, 3.63) is 29.3 Å². The highest BCUT2D eigenvalue weighted by Crippen LogP contribution is 2.49. The molecule has 3 aliphatic rings. The zero-order valence-corrected chi connectivity index (χ0v) is 20.0. The van der Waals surface area contributed by atoms with Crippen LogP contribution in [0.1, 0.15) is 62.5 Å². The summed E-state index contributed by atoms with van der Waals surface area (Å²) >= 11 is 0. The molecule has 1 aliphatic carbocycles. The molecule has 9 heteroatoms. The number of carbonyl (C=O) groups excluding carboxylic acids is 1. The van der Waals surface area contributed by atoms with E-state index in [0.717, 1.165) is 32.2 Å². The standard InChI is InChI=1S/C23H38N4O4S/c1-16(28)27(10-7-20-8-11-31-25-20)21-12-19(13-22(15-21)32(24,29)30)18-6-5-17-4-3-9-26(2)23(17)14-18/h5-6,14,19-22,25,29-30H,3-4,7-13,15,24H2,1-2H3. The van der Waals surface area contributed by atoms with Crippen LogP contribution in [0, 0.1) is 0 Å². The Morgan fingerprint density at radius 3 is 2.84 bits per heavy atom. The fourth-order valence-corrected chi connectivity index (χ4v) is 6.63. The Hall–Kier alpha value is -1.36. The van der Waals surface area contributed by atoms with Gasteiger partial charge >= 0.3 is 0 Å². The summed E-state index contributed by atoms with van der Waals surface area (Å²) in [7, 11) is -1.07. The number of nitrogens with one attached hydrogen (secondary N) is 1. The Bertz CT molecular complexity index is 812. The van der Waals surface area contributed by atoms with Crippen LogP contribution in [0.5, 0.6) is 0 Å². The molecule has 32 heavy (non-hydrogen) atoms. The van der Waals surface area contributed by atoms with Gasteiger partial charge in [-0.15, -0.1) is 10.8 Å². The molecule has 8 nitrogen and oxygen atoms in total. The molecular weight excluding hydrogens is 428 g/mol. The average molecular weight is 467 g/mol. The number of fused-ring (bicyclic) bond motifs is 1. The number of hydrogen-bond acceptors (Lipinski definition) is 7. The van der Waals surface area contributed by atoms with E-state index >= 15 is 0 Å². The fourth-order valence-electron chi connectivity index (χ4n) is 5.61. The van der Waals surface area contributed by atoms with Gasteiger partial charge in [0.1, 0.15) is 0 Å². The van der Waals surface area contributed by atoms with E-state index in [2.05, 4.69) is 35.6 Å². The van der Waals surface area contributed by atoms with Crippen molar-refractivity contribution in [1.82, 2.24) is 10.4 Å². The quantitative estimate of drug-likeness (QED) is 0.509. The maximum Gasteiger partial charge on any atom is 0.219 e. The second kappa shape index (κ2) is 9.87. The van der Waals surface area contributed by atoms with Crippen molar-refractivity contribution in [3.63, 3.8) is 0 Å². The zero-order chi connectivity index (χ0) is 22.9. The van der Waals surface area contributed by atoms with E-state index in [-0.39, 0.29) is 23.9 Å². The number of amides is 1. The smallest absolute Gasteiger partial charge is 0.219 e. The number of hydroxylamine groups is 1. The van der Waals surface area contributed by atoms with E-state index in [1.54, 1.807) is 6.92 Å². The molecule has 0 bridgehead atoms. The van der Waals surface area contributed by atoms with Crippen molar-refractivity contribution in [2.75, 3.05) is 31.6 Å². The third-order valence-electron chi connectivity index (χ3n) is 7.44. The van der Waals surface area contributed by atoms with Crippen LogP contribution in [-0.2, 0) is 16.1 Å². The number of rotatable bonds is 6. The highest BCUT2D eigenvalue weighted by Gasteiger charge is 2.39. The van der Waals surface area contributed by atoms with Crippen LogP contribution in [0.4, 0.5) is 5.69 Å². The minimum Gasteiger partial charge on any atom is -0.374 e. The molecule has 4 unspecified atom stereocenters. The van der Waals surface area contributed by atoms with Crippen molar-refractivity contribution < 1.29 is 18.7 Å². The van der Waals surface area contributed by atoms with E-state index < -0.39 is 16.0 Å². The molecule has 1 saturated carbocycles. The van der Waals surface area contributed by atoms with Crippen LogP contribution >= 0.6 is 10.8 Å². The maximum absolute atomic E-state index is 12.6. The maximum atomic E-state index is 12.6. The average Bonchev–Trinajstić information content (AvgIpc) is 3.26. The summed E-state index contributed by atoms with van der Waals surface area (Å²) in [4.78, 5) is 22.1. The molecule has 2 aliphatic heterocycles. The number of nitrogens with two attached hydrogens (primary N) is 1. The predicted octanol–water partition coefficient (Wildman–Crippen LogP) is 3.23. The van der Waals surface area contributed by atoms with Crippen LogP contribution in [0.25, 0.3) is 0 Å². The number of hydrogen-bond donors (Lipinski definition) is 4. The third-order valence-corrected chi connectivity index (χ3v) is 8.81. The molecule has 2 heterocycles. The van der Waals surface area contributed by atoms with E-state index in [4.69, 9.17) is 9.98 Å². The second-order valence-corrected chi connectivity index (χ2v) is 11.6. The minimum absolute atomic E-state index is 0.0204. The van der Waals surface area contributed by atoms with Crippen molar-refractivity contribution in [1.29, 1.82) is 0 Å². The molecule has 4 atom stereocenters. The number of anilines is 1. The van der Waals surface area contributed by atoms with Gasteiger partial charge in [0.25, 0.3) is 0 Å². The summed E-state index contributed by atoms with van der Waals surface area (Å²) in [6.07, 6.45) is 5.97. The van der Waals surface area contributed by atoms with Crippen molar-refractivity contribution in [2.24, 2.45) is 5.14 Å². The highest BCUT2D eigenvalue weighted by atomic mass is 32.3. The summed E-state index contributed by atoms with van der Waals surface area (Å²) in [6, 6.07) is 6.84. The lowest BCUT2D eigenvalue weighted by Gasteiger charge is -2.46. The van der Waals surface area contributed by atoms with Crippen LogP contribution in [0.2, 0.25) is 0 Å². The van der Waals surface area contributed by atoms with Gasteiger partial charge in [-0.25, -0.2) is 5.14 Å². The Morgan fingerprint density at radius 1 is 1.34 bits per heavy atom. The van der Waals surface area contributed by atoms with Gasteiger partial charge < -0.3 is 14.6 Å². The molecule has 0 spiro atoms. The lowest BCUT2D eigenvalue weighted by atomic mass is 9.79. The first-order chi connectivity index (χ1) is 15.2. The molecule has 1 amide bonds. The van der Waals surface area contributed by atoms with E-state index in [0.29, 0.717) is 26.0 Å². The van der Waals surface area contributed by atoms with Gasteiger partial charge in [0, 0.05) is 44.8 Å².